The topological polar surface area (TPSA) is 59.7 Å². The van der Waals surface area contributed by atoms with E-state index in [1.807, 2.05) is 43.4 Å². The molecule has 4 heteroatoms. The third kappa shape index (κ3) is 4.41. The van der Waals surface area contributed by atoms with Gasteiger partial charge in [0.05, 0.1) is 12.7 Å². The van der Waals surface area contributed by atoms with Crippen LogP contribution in [0.2, 0.25) is 0 Å². The molecule has 4 nitrogen and oxygen atoms in total. The molecule has 1 N–H and O–H groups in total. The highest BCUT2D eigenvalue weighted by molar-refractivity contribution is 5.87. The molecular weight excluding hydrogens is 352 g/mol. The summed E-state index contributed by atoms with van der Waals surface area (Å²) < 4.78 is 11.6. The van der Waals surface area contributed by atoms with Crippen molar-refractivity contribution in [3.63, 3.8) is 0 Å². The number of para-hydroxylation sites is 1. The fourth-order valence-electron chi connectivity index (χ4n) is 3.04. The fourth-order valence-corrected chi connectivity index (χ4v) is 3.04. The lowest BCUT2D eigenvalue weighted by Crippen LogP contribution is -2.04. The number of hydrogen-bond donors (Lipinski definition) is 1. The normalized spacial score (nSPS) is 11.8. The molecule has 0 aliphatic rings. The molecule has 0 fully saturated rings. The second-order valence-electron chi connectivity index (χ2n) is 6.30. The molecule has 2 aromatic carbocycles. The summed E-state index contributed by atoms with van der Waals surface area (Å²) in [5.74, 6) is -0.323. The third-order valence-electron chi connectivity index (χ3n) is 4.33. The van der Waals surface area contributed by atoms with Crippen LogP contribution in [0.4, 0.5) is 0 Å². The van der Waals surface area contributed by atoms with E-state index in [1.54, 1.807) is 30.5 Å². The molecule has 28 heavy (non-hydrogen) atoms. The standard InChI is InChI=1S/C24H22O4/c1-3-7-17(8-4-2)18-11-12-23-21(13-18)20(16-28-23)15-27-22-10-6-5-9-19(22)14-24(25)26/h3-13,16H,1,14-15H2,2H3,(H,25,26)/b8-4-,17-7+. The first-order valence-electron chi connectivity index (χ1n) is 9.00. The Kier molecular flexibility index (Phi) is 6.12. The van der Waals surface area contributed by atoms with Crippen LogP contribution in [0.15, 0.2) is 84.0 Å². The monoisotopic (exact) mass is 374 g/mol. The van der Waals surface area contributed by atoms with Gasteiger partial charge in [0.1, 0.15) is 17.9 Å². The molecule has 3 aromatic rings. The molecule has 0 aliphatic heterocycles. The second kappa shape index (κ2) is 8.91. The van der Waals surface area contributed by atoms with Crippen LogP contribution in [0.25, 0.3) is 16.5 Å². The zero-order valence-electron chi connectivity index (χ0n) is 15.7. The van der Waals surface area contributed by atoms with Gasteiger partial charge in [-0.3, -0.25) is 4.79 Å². The van der Waals surface area contributed by atoms with Crippen LogP contribution in [0.5, 0.6) is 5.75 Å². The van der Waals surface area contributed by atoms with Gasteiger partial charge in [-0.15, -0.1) is 0 Å². The van der Waals surface area contributed by atoms with Gasteiger partial charge in [-0.05, 0) is 36.3 Å². The van der Waals surface area contributed by atoms with Crippen LogP contribution >= 0.6 is 0 Å². The van der Waals surface area contributed by atoms with E-state index in [4.69, 9.17) is 14.3 Å². The maximum Gasteiger partial charge on any atom is 0.307 e. The van der Waals surface area contributed by atoms with E-state index < -0.39 is 5.97 Å². The smallest absolute Gasteiger partial charge is 0.307 e. The van der Waals surface area contributed by atoms with Crippen molar-refractivity contribution >= 4 is 22.5 Å². The van der Waals surface area contributed by atoms with Crippen molar-refractivity contribution in [3.8, 4) is 5.75 Å². The third-order valence-corrected chi connectivity index (χ3v) is 4.33. The first kappa shape index (κ1) is 19.2. The van der Waals surface area contributed by atoms with Gasteiger partial charge < -0.3 is 14.3 Å². The number of aliphatic carboxylic acids is 1. The summed E-state index contributed by atoms with van der Waals surface area (Å²) in [5, 5.41) is 10.0. The highest BCUT2D eigenvalue weighted by Crippen LogP contribution is 2.28. The molecule has 142 valence electrons. The Morgan fingerprint density at radius 3 is 2.79 bits per heavy atom. The molecule has 3 rings (SSSR count). The van der Waals surface area contributed by atoms with Crippen molar-refractivity contribution < 1.29 is 19.1 Å². The number of carbonyl (C=O) groups is 1. The van der Waals surface area contributed by atoms with Gasteiger partial charge in [0.25, 0.3) is 0 Å². The summed E-state index contributed by atoms with van der Waals surface area (Å²) in [7, 11) is 0. The molecule has 0 amide bonds. The zero-order chi connectivity index (χ0) is 19.9. The summed E-state index contributed by atoms with van der Waals surface area (Å²) in [4.78, 5) is 11.0. The van der Waals surface area contributed by atoms with E-state index in [0.29, 0.717) is 11.3 Å². The highest BCUT2D eigenvalue weighted by atomic mass is 16.5. The summed E-state index contributed by atoms with van der Waals surface area (Å²) in [6, 6.07) is 13.2. The zero-order valence-corrected chi connectivity index (χ0v) is 15.7. The molecule has 0 bridgehead atoms. The van der Waals surface area contributed by atoms with E-state index in [1.165, 1.54) is 0 Å². The Labute approximate surface area is 164 Å². The maximum atomic E-state index is 11.0. The number of carboxylic acid groups (broad SMARTS) is 1. The largest absolute Gasteiger partial charge is 0.488 e. The average molecular weight is 374 g/mol. The van der Waals surface area contributed by atoms with Gasteiger partial charge >= 0.3 is 5.97 Å². The fraction of sp³-hybridized carbons (Fsp3) is 0.125. The first-order valence-corrected chi connectivity index (χ1v) is 9.00. The lowest BCUT2D eigenvalue weighted by molar-refractivity contribution is -0.136. The van der Waals surface area contributed by atoms with Gasteiger partial charge in [-0.25, -0.2) is 0 Å². The van der Waals surface area contributed by atoms with Crippen molar-refractivity contribution in [2.24, 2.45) is 0 Å². The van der Waals surface area contributed by atoms with E-state index in [0.717, 1.165) is 27.7 Å². The average Bonchev–Trinajstić information content (AvgIpc) is 3.09. The lowest BCUT2D eigenvalue weighted by atomic mass is 10.0. The Bertz CT molecular complexity index is 1050. The predicted octanol–water partition coefficient (Wildman–Crippen LogP) is 5.78. The molecule has 1 aromatic heterocycles. The molecular formula is C24H22O4. The maximum absolute atomic E-state index is 11.0. The minimum atomic E-state index is -0.889. The van der Waals surface area contributed by atoms with Crippen LogP contribution < -0.4 is 4.74 Å². The molecule has 0 saturated carbocycles. The second-order valence-corrected chi connectivity index (χ2v) is 6.30. The quantitative estimate of drug-likeness (QED) is 0.507. The Hall–Kier alpha value is -3.53. The van der Waals surface area contributed by atoms with Gasteiger partial charge in [0.2, 0.25) is 0 Å². The number of furan rings is 1. The van der Waals surface area contributed by atoms with Crippen molar-refractivity contribution in [1.82, 2.24) is 0 Å². The molecule has 0 radical (unpaired) electrons. The van der Waals surface area contributed by atoms with Crippen LogP contribution in [0, 0.1) is 0 Å². The van der Waals surface area contributed by atoms with Crippen molar-refractivity contribution in [3.05, 3.63) is 96.3 Å². The van der Waals surface area contributed by atoms with Crippen molar-refractivity contribution in [2.75, 3.05) is 0 Å². The van der Waals surface area contributed by atoms with Gasteiger partial charge in [0, 0.05) is 16.5 Å². The van der Waals surface area contributed by atoms with E-state index >= 15 is 0 Å². The number of allylic oxidation sites excluding steroid dienone is 5. The number of fused-ring (bicyclic) bond motifs is 1. The SMILES string of the molecule is C=C/C=C(\C=C/C)c1ccc2occ(COc3ccccc3CC(=O)O)c2c1. The number of ether oxygens (including phenoxy) is 1. The minimum absolute atomic E-state index is 0.0779. The van der Waals surface area contributed by atoms with Crippen LogP contribution in [0.3, 0.4) is 0 Å². The molecule has 0 aliphatic carbocycles. The molecule has 0 spiro atoms. The number of benzene rings is 2. The van der Waals surface area contributed by atoms with E-state index in [2.05, 4.69) is 12.6 Å². The molecule has 1 heterocycles. The van der Waals surface area contributed by atoms with Gasteiger partial charge in [-0.1, -0.05) is 55.1 Å². The van der Waals surface area contributed by atoms with Crippen LogP contribution in [-0.2, 0) is 17.8 Å². The summed E-state index contributed by atoms with van der Waals surface area (Å²) in [6.45, 7) is 6.04. The Morgan fingerprint density at radius 1 is 1.21 bits per heavy atom. The van der Waals surface area contributed by atoms with Crippen molar-refractivity contribution in [1.29, 1.82) is 0 Å². The summed E-state index contributed by atoms with van der Waals surface area (Å²) >= 11 is 0. The summed E-state index contributed by atoms with van der Waals surface area (Å²) in [6.07, 6.45) is 9.34. The first-order chi connectivity index (χ1) is 13.6. The van der Waals surface area contributed by atoms with Crippen LogP contribution in [0.1, 0.15) is 23.6 Å². The summed E-state index contributed by atoms with van der Waals surface area (Å²) in [5.41, 5.74) is 4.44. The minimum Gasteiger partial charge on any atom is -0.488 e. The Balaban J connectivity index is 1.88. The predicted molar refractivity (Wildman–Crippen MR) is 111 cm³/mol. The lowest BCUT2D eigenvalue weighted by Gasteiger charge is -2.10. The molecule has 0 atom stereocenters. The van der Waals surface area contributed by atoms with Gasteiger partial charge in [0.15, 0.2) is 0 Å². The van der Waals surface area contributed by atoms with Crippen LogP contribution in [-0.4, -0.2) is 11.1 Å². The number of carboxylic acids is 1. The van der Waals surface area contributed by atoms with Crippen molar-refractivity contribution in [2.45, 2.75) is 20.0 Å². The number of hydrogen-bond acceptors (Lipinski definition) is 3. The number of rotatable bonds is 8. The molecule has 0 saturated heterocycles. The highest BCUT2D eigenvalue weighted by Gasteiger charge is 2.11. The van der Waals surface area contributed by atoms with E-state index in [-0.39, 0.29) is 13.0 Å². The van der Waals surface area contributed by atoms with Gasteiger partial charge in [-0.2, -0.15) is 0 Å². The Morgan fingerprint density at radius 2 is 2.04 bits per heavy atom. The van der Waals surface area contributed by atoms with E-state index in [9.17, 15) is 4.79 Å². The molecule has 0 unspecified atom stereocenters.